The number of hydrogen-bond acceptors (Lipinski definition) is 4. The average molecular weight is 338 g/mol. The molecule has 0 fully saturated rings. The van der Waals surface area contributed by atoms with Crippen molar-refractivity contribution < 1.29 is 9.53 Å². The molecular weight excluding hydrogens is 316 g/mol. The van der Waals surface area contributed by atoms with Gasteiger partial charge in [-0.2, -0.15) is 0 Å². The van der Waals surface area contributed by atoms with Crippen LogP contribution in [0.1, 0.15) is 6.92 Å². The molecule has 1 aromatic heterocycles. The normalized spacial score (nSPS) is 13.2. The third-order valence-corrected chi connectivity index (χ3v) is 3.96. The highest BCUT2D eigenvalue weighted by molar-refractivity contribution is 6.04. The van der Waals surface area contributed by atoms with E-state index in [0.717, 1.165) is 22.9 Å². The number of nitrogens with zero attached hydrogens (tertiary/aromatic N) is 3. The van der Waals surface area contributed by atoms with Crippen molar-refractivity contribution >= 4 is 23.2 Å². The second-order valence-corrected chi connectivity index (χ2v) is 5.62. The molecule has 2 aromatic rings. The Labute approximate surface area is 147 Å². The average Bonchev–Trinajstić information content (AvgIpc) is 2.64. The van der Waals surface area contributed by atoms with Crippen molar-refractivity contribution in [1.29, 1.82) is 0 Å². The van der Waals surface area contributed by atoms with Gasteiger partial charge in [0.25, 0.3) is 0 Å². The molecule has 0 radical (unpaired) electrons. The molecule has 0 unspecified atom stereocenters. The van der Waals surface area contributed by atoms with Crippen LogP contribution in [-0.4, -0.2) is 37.3 Å². The third-order valence-electron chi connectivity index (χ3n) is 3.96. The van der Waals surface area contributed by atoms with Gasteiger partial charge in [-0.25, -0.2) is 9.78 Å². The Balaban J connectivity index is 1.75. The lowest BCUT2D eigenvalue weighted by Gasteiger charge is -2.36. The van der Waals surface area contributed by atoms with E-state index in [4.69, 9.17) is 4.74 Å². The zero-order valence-corrected chi connectivity index (χ0v) is 14.3. The van der Waals surface area contributed by atoms with Crippen LogP contribution in [0, 0.1) is 0 Å². The van der Waals surface area contributed by atoms with Crippen molar-refractivity contribution in [3.63, 3.8) is 0 Å². The number of ether oxygens (including phenoxy) is 1. The molecule has 2 heterocycles. The number of rotatable bonds is 5. The second kappa shape index (κ2) is 7.70. The molecule has 0 aliphatic carbocycles. The van der Waals surface area contributed by atoms with Crippen molar-refractivity contribution in [2.75, 3.05) is 41.4 Å². The fourth-order valence-electron chi connectivity index (χ4n) is 2.83. The van der Waals surface area contributed by atoms with Crippen molar-refractivity contribution in [1.82, 2.24) is 4.98 Å². The van der Waals surface area contributed by atoms with Gasteiger partial charge in [-0.15, -0.1) is 6.58 Å². The summed E-state index contributed by atoms with van der Waals surface area (Å²) in [6.45, 7) is 8.35. The van der Waals surface area contributed by atoms with Crippen LogP contribution in [0.3, 0.4) is 0 Å². The van der Waals surface area contributed by atoms with Gasteiger partial charge in [0.2, 0.25) is 0 Å². The van der Waals surface area contributed by atoms with E-state index in [9.17, 15) is 4.79 Å². The van der Waals surface area contributed by atoms with Crippen LogP contribution >= 0.6 is 0 Å². The summed E-state index contributed by atoms with van der Waals surface area (Å²) in [6, 6.07) is 10.9. The summed E-state index contributed by atoms with van der Waals surface area (Å²) < 4.78 is 5.42. The number of nitrogens with one attached hydrogen (secondary N) is 1. The first-order chi connectivity index (χ1) is 12.2. The highest BCUT2D eigenvalue weighted by atomic mass is 16.5. The minimum Gasteiger partial charge on any atom is -0.494 e. The SMILES string of the molecule is C=CCN1CCN(C(=O)Nc2ccc(OCC)cc2)c2cccnc21. The first-order valence-corrected chi connectivity index (χ1v) is 8.35. The first kappa shape index (κ1) is 16.8. The van der Waals surface area contributed by atoms with E-state index in [1.807, 2.05) is 49.4 Å². The number of fused-ring (bicyclic) bond motifs is 1. The van der Waals surface area contributed by atoms with Crippen molar-refractivity contribution in [3.05, 3.63) is 55.3 Å². The van der Waals surface area contributed by atoms with E-state index in [1.54, 1.807) is 11.1 Å². The Morgan fingerprint density at radius 3 is 2.84 bits per heavy atom. The third kappa shape index (κ3) is 3.74. The molecule has 0 spiro atoms. The standard InChI is InChI=1S/C19H22N4O2/c1-3-12-22-13-14-23(17-6-5-11-20-18(17)22)19(24)21-15-7-9-16(10-8-15)25-4-2/h3,5-11H,1,4,12-14H2,2H3,(H,21,24). The number of aromatic nitrogens is 1. The summed E-state index contributed by atoms with van der Waals surface area (Å²) in [4.78, 5) is 21.0. The maximum absolute atomic E-state index is 12.7. The molecule has 6 heteroatoms. The predicted octanol–water partition coefficient (Wildman–Crippen LogP) is 3.52. The van der Waals surface area contributed by atoms with Crippen molar-refractivity contribution in [2.24, 2.45) is 0 Å². The fraction of sp³-hybridized carbons (Fsp3) is 0.263. The van der Waals surface area contributed by atoms with Crippen LogP contribution in [0.4, 0.5) is 22.0 Å². The Morgan fingerprint density at radius 2 is 2.12 bits per heavy atom. The number of anilines is 3. The number of carbonyl (C=O) groups excluding carboxylic acids is 1. The van der Waals surface area contributed by atoms with Gasteiger partial charge in [0.1, 0.15) is 5.75 Å². The summed E-state index contributed by atoms with van der Waals surface area (Å²) in [6.07, 6.45) is 3.58. The predicted molar refractivity (Wildman–Crippen MR) is 101 cm³/mol. The molecule has 0 saturated carbocycles. The molecule has 3 rings (SSSR count). The molecule has 2 amide bonds. The minimum absolute atomic E-state index is 0.170. The zero-order valence-electron chi connectivity index (χ0n) is 14.3. The number of urea groups is 1. The fourth-order valence-corrected chi connectivity index (χ4v) is 2.83. The molecule has 1 aromatic carbocycles. The van der Waals surface area contributed by atoms with Gasteiger partial charge in [0, 0.05) is 31.5 Å². The summed E-state index contributed by atoms with van der Waals surface area (Å²) in [5.74, 6) is 1.59. The van der Waals surface area contributed by atoms with E-state index in [1.165, 1.54) is 0 Å². The van der Waals surface area contributed by atoms with E-state index in [0.29, 0.717) is 26.2 Å². The second-order valence-electron chi connectivity index (χ2n) is 5.62. The van der Waals surface area contributed by atoms with Crippen LogP contribution < -0.4 is 19.9 Å². The molecule has 25 heavy (non-hydrogen) atoms. The van der Waals surface area contributed by atoms with Crippen LogP contribution in [-0.2, 0) is 0 Å². The first-order valence-electron chi connectivity index (χ1n) is 8.35. The molecule has 1 N–H and O–H groups in total. The lowest BCUT2D eigenvalue weighted by atomic mass is 10.2. The summed E-state index contributed by atoms with van der Waals surface area (Å²) in [5, 5.41) is 2.93. The maximum atomic E-state index is 12.7. The lowest BCUT2D eigenvalue weighted by molar-refractivity contribution is 0.256. The topological polar surface area (TPSA) is 57.7 Å². The van der Waals surface area contributed by atoms with Crippen LogP contribution in [0.15, 0.2) is 55.3 Å². The van der Waals surface area contributed by atoms with Gasteiger partial charge in [-0.3, -0.25) is 4.90 Å². The molecule has 0 saturated heterocycles. The quantitative estimate of drug-likeness (QED) is 0.848. The minimum atomic E-state index is -0.170. The Bertz CT molecular complexity index is 745. The molecular formula is C19H22N4O2. The Hall–Kier alpha value is -3.02. The van der Waals surface area contributed by atoms with E-state index < -0.39 is 0 Å². The highest BCUT2D eigenvalue weighted by Gasteiger charge is 2.27. The van der Waals surface area contributed by atoms with E-state index in [-0.39, 0.29) is 6.03 Å². The maximum Gasteiger partial charge on any atom is 0.326 e. The van der Waals surface area contributed by atoms with Gasteiger partial charge in [-0.05, 0) is 43.3 Å². The number of amides is 2. The number of carbonyl (C=O) groups is 1. The van der Waals surface area contributed by atoms with E-state index >= 15 is 0 Å². The largest absolute Gasteiger partial charge is 0.494 e. The Morgan fingerprint density at radius 1 is 1.32 bits per heavy atom. The van der Waals surface area contributed by atoms with E-state index in [2.05, 4.69) is 21.8 Å². The summed E-state index contributed by atoms with van der Waals surface area (Å²) >= 11 is 0. The van der Waals surface area contributed by atoms with Crippen LogP contribution in [0.5, 0.6) is 5.75 Å². The van der Waals surface area contributed by atoms with Crippen molar-refractivity contribution in [2.45, 2.75) is 6.92 Å². The highest BCUT2D eigenvalue weighted by Crippen LogP contribution is 2.31. The Kier molecular flexibility index (Phi) is 5.18. The molecule has 6 nitrogen and oxygen atoms in total. The number of benzene rings is 1. The molecule has 130 valence electrons. The van der Waals surface area contributed by atoms with Gasteiger partial charge in [0.15, 0.2) is 5.82 Å². The smallest absolute Gasteiger partial charge is 0.326 e. The molecule has 0 bridgehead atoms. The van der Waals surface area contributed by atoms with Crippen LogP contribution in [0.2, 0.25) is 0 Å². The van der Waals surface area contributed by atoms with Gasteiger partial charge >= 0.3 is 6.03 Å². The van der Waals surface area contributed by atoms with Crippen molar-refractivity contribution in [3.8, 4) is 5.75 Å². The van der Waals surface area contributed by atoms with Crippen LogP contribution in [0.25, 0.3) is 0 Å². The summed E-state index contributed by atoms with van der Waals surface area (Å²) in [5.41, 5.74) is 1.53. The summed E-state index contributed by atoms with van der Waals surface area (Å²) in [7, 11) is 0. The molecule has 1 aliphatic rings. The lowest BCUT2D eigenvalue weighted by Crippen LogP contribution is -2.46. The molecule has 1 aliphatic heterocycles. The molecule has 0 atom stereocenters. The number of hydrogen-bond donors (Lipinski definition) is 1. The van der Waals surface area contributed by atoms with Gasteiger partial charge < -0.3 is 15.0 Å². The van der Waals surface area contributed by atoms with Gasteiger partial charge in [-0.1, -0.05) is 6.08 Å². The zero-order chi connectivity index (χ0) is 17.6. The van der Waals surface area contributed by atoms with Gasteiger partial charge in [0.05, 0.1) is 12.3 Å². The monoisotopic (exact) mass is 338 g/mol. The number of pyridine rings is 1.